The Hall–Kier alpha value is -0.0800. The van der Waals surface area contributed by atoms with E-state index in [0.717, 1.165) is 0 Å². The maximum atomic E-state index is 3.63. The first-order valence-electron chi connectivity index (χ1n) is 5.66. The van der Waals surface area contributed by atoms with Crippen LogP contribution in [0.15, 0.2) is 0 Å². The van der Waals surface area contributed by atoms with Gasteiger partial charge in [0.05, 0.1) is 0 Å². The first kappa shape index (κ1) is 11.0. The lowest BCUT2D eigenvalue weighted by Gasteiger charge is -2.28. The van der Waals surface area contributed by atoms with Crippen LogP contribution in [0.5, 0.6) is 0 Å². The van der Waals surface area contributed by atoms with E-state index in [1.165, 1.54) is 38.9 Å². The molecule has 1 rings (SSSR count). The van der Waals surface area contributed by atoms with E-state index in [9.17, 15) is 0 Å². The highest BCUT2D eigenvalue weighted by molar-refractivity contribution is 4.88. The summed E-state index contributed by atoms with van der Waals surface area (Å²) in [7, 11) is 0. The van der Waals surface area contributed by atoms with Gasteiger partial charge in [0.1, 0.15) is 0 Å². The summed E-state index contributed by atoms with van der Waals surface area (Å²) >= 11 is 0. The maximum absolute atomic E-state index is 3.63. The second-order valence-electron chi connectivity index (χ2n) is 4.47. The molecule has 0 aromatic carbocycles. The average molecular weight is 184 g/mol. The summed E-state index contributed by atoms with van der Waals surface area (Å²) in [6.07, 6.45) is 3.86. The summed E-state index contributed by atoms with van der Waals surface area (Å²) in [4.78, 5) is 0. The highest BCUT2D eigenvalue weighted by atomic mass is 15.0. The molecular weight excluding hydrogens is 160 g/mol. The monoisotopic (exact) mass is 184 g/mol. The van der Waals surface area contributed by atoms with E-state index >= 15 is 0 Å². The molecule has 2 nitrogen and oxygen atoms in total. The zero-order chi connectivity index (χ0) is 9.73. The lowest BCUT2D eigenvalue weighted by molar-refractivity contribution is 0.278. The molecular formula is C11H24N2. The second kappa shape index (κ2) is 4.97. The summed E-state index contributed by atoms with van der Waals surface area (Å²) < 4.78 is 0. The fraction of sp³-hybridized carbons (Fsp3) is 1.00. The van der Waals surface area contributed by atoms with Crippen molar-refractivity contribution in [1.29, 1.82) is 0 Å². The van der Waals surface area contributed by atoms with Crippen molar-refractivity contribution in [2.75, 3.05) is 19.6 Å². The molecule has 78 valence electrons. The number of hydrogen-bond acceptors (Lipinski definition) is 2. The van der Waals surface area contributed by atoms with Crippen molar-refractivity contribution in [3.8, 4) is 0 Å². The molecule has 0 aromatic rings. The van der Waals surface area contributed by atoms with E-state index in [2.05, 4.69) is 31.4 Å². The minimum atomic E-state index is 0.545. The van der Waals surface area contributed by atoms with Crippen LogP contribution in [0.3, 0.4) is 0 Å². The minimum absolute atomic E-state index is 0.545. The Bertz CT molecular complexity index is 139. The Kier molecular flexibility index (Phi) is 4.20. The van der Waals surface area contributed by atoms with Gasteiger partial charge in [-0.05, 0) is 38.1 Å². The highest BCUT2D eigenvalue weighted by Gasteiger charge is 2.31. The Morgan fingerprint density at radius 1 is 1.46 bits per heavy atom. The third-order valence-electron chi connectivity index (χ3n) is 3.52. The zero-order valence-electron chi connectivity index (χ0n) is 9.32. The average Bonchev–Trinajstić information content (AvgIpc) is 2.63. The van der Waals surface area contributed by atoms with Gasteiger partial charge in [-0.25, -0.2) is 0 Å². The van der Waals surface area contributed by atoms with E-state index in [4.69, 9.17) is 0 Å². The Morgan fingerprint density at radius 3 is 2.69 bits per heavy atom. The van der Waals surface area contributed by atoms with Gasteiger partial charge in [-0.1, -0.05) is 13.8 Å². The Labute approximate surface area is 82.5 Å². The normalized spacial score (nSPS) is 30.7. The number of rotatable bonds is 5. The molecule has 0 radical (unpaired) electrons. The quantitative estimate of drug-likeness (QED) is 0.680. The molecule has 1 heterocycles. The zero-order valence-corrected chi connectivity index (χ0v) is 9.32. The number of hydrogen-bond donors (Lipinski definition) is 2. The summed E-state index contributed by atoms with van der Waals surface area (Å²) in [5, 5.41) is 7.09. The van der Waals surface area contributed by atoms with Crippen molar-refractivity contribution < 1.29 is 0 Å². The van der Waals surface area contributed by atoms with E-state index in [0.29, 0.717) is 11.5 Å². The van der Waals surface area contributed by atoms with Gasteiger partial charge in [0, 0.05) is 19.1 Å². The van der Waals surface area contributed by atoms with Crippen molar-refractivity contribution in [2.24, 2.45) is 5.41 Å². The first-order chi connectivity index (χ1) is 6.22. The van der Waals surface area contributed by atoms with Crippen molar-refractivity contribution in [3.63, 3.8) is 0 Å². The van der Waals surface area contributed by atoms with E-state index in [1.54, 1.807) is 0 Å². The molecule has 2 unspecified atom stereocenters. The van der Waals surface area contributed by atoms with Crippen molar-refractivity contribution >= 4 is 0 Å². The van der Waals surface area contributed by atoms with Crippen LogP contribution in [0.2, 0.25) is 0 Å². The molecule has 1 fully saturated rings. The van der Waals surface area contributed by atoms with Crippen LogP contribution >= 0.6 is 0 Å². The fourth-order valence-corrected chi connectivity index (χ4v) is 1.91. The standard InChI is InChI=1S/C11H24N2/c1-4-10(3)13-9-11(5-2)6-7-12-8-11/h10,12-13H,4-9H2,1-3H3. The molecule has 2 heteroatoms. The minimum Gasteiger partial charge on any atom is -0.316 e. The summed E-state index contributed by atoms with van der Waals surface area (Å²) in [5.41, 5.74) is 0.545. The van der Waals surface area contributed by atoms with Crippen LogP contribution in [-0.4, -0.2) is 25.7 Å². The van der Waals surface area contributed by atoms with Crippen molar-refractivity contribution in [1.82, 2.24) is 10.6 Å². The van der Waals surface area contributed by atoms with Crippen molar-refractivity contribution in [3.05, 3.63) is 0 Å². The van der Waals surface area contributed by atoms with E-state index in [1.807, 2.05) is 0 Å². The SMILES string of the molecule is CCC(C)NCC1(CC)CCNC1. The largest absolute Gasteiger partial charge is 0.316 e. The van der Waals surface area contributed by atoms with Gasteiger partial charge in [-0.15, -0.1) is 0 Å². The molecule has 0 saturated carbocycles. The fourth-order valence-electron chi connectivity index (χ4n) is 1.91. The van der Waals surface area contributed by atoms with Crippen LogP contribution in [0.25, 0.3) is 0 Å². The summed E-state index contributed by atoms with van der Waals surface area (Å²) in [5.74, 6) is 0. The predicted octanol–water partition coefficient (Wildman–Crippen LogP) is 1.76. The van der Waals surface area contributed by atoms with Gasteiger partial charge < -0.3 is 10.6 Å². The van der Waals surface area contributed by atoms with Crippen LogP contribution < -0.4 is 10.6 Å². The molecule has 0 aromatic heterocycles. The first-order valence-corrected chi connectivity index (χ1v) is 5.66. The molecule has 13 heavy (non-hydrogen) atoms. The van der Waals surface area contributed by atoms with Crippen LogP contribution in [0, 0.1) is 5.41 Å². The molecule has 1 aliphatic rings. The molecule has 2 atom stereocenters. The van der Waals surface area contributed by atoms with Gasteiger partial charge >= 0.3 is 0 Å². The lowest BCUT2D eigenvalue weighted by Crippen LogP contribution is -2.39. The molecule has 1 aliphatic heterocycles. The second-order valence-corrected chi connectivity index (χ2v) is 4.47. The number of nitrogens with one attached hydrogen (secondary N) is 2. The smallest absolute Gasteiger partial charge is 0.00363 e. The van der Waals surface area contributed by atoms with Crippen LogP contribution in [-0.2, 0) is 0 Å². The molecule has 0 amide bonds. The van der Waals surface area contributed by atoms with Crippen molar-refractivity contribution in [2.45, 2.75) is 46.1 Å². The Morgan fingerprint density at radius 2 is 2.23 bits per heavy atom. The molecule has 1 saturated heterocycles. The van der Waals surface area contributed by atoms with Gasteiger partial charge in [0.2, 0.25) is 0 Å². The Balaban J connectivity index is 2.31. The summed E-state index contributed by atoms with van der Waals surface area (Å²) in [6.45, 7) is 10.4. The predicted molar refractivity (Wildman–Crippen MR) is 58.0 cm³/mol. The molecule has 0 bridgehead atoms. The topological polar surface area (TPSA) is 24.1 Å². The third-order valence-corrected chi connectivity index (χ3v) is 3.52. The molecule has 0 aliphatic carbocycles. The van der Waals surface area contributed by atoms with Gasteiger partial charge in [-0.3, -0.25) is 0 Å². The van der Waals surface area contributed by atoms with Crippen LogP contribution in [0.4, 0.5) is 0 Å². The van der Waals surface area contributed by atoms with Crippen LogP contribution in [0.1, 0.15) is 40.0 Å². The molecule has 2 N–H and O–H groups in total. The van der Waals surface area contributed by atoms with Gasteiger partial charge in [0.25, 0.3) is 0 Å². The van der Waals surface area contributed by atoms with Gasteiger partial charge in [0.15, 0.2) is 0 Å². The molecule has 0 spiro atoms. The van der Waals surface area contributed by atoms with Gasteiger partial charge in [-0.2, -0.15) is 0 Å². The summed E-state index contributed by atoms with van der Waals surface area (Å²) in [6, 6.07) is 0.670. The van der Waals surface area contributed by atoms with E-state index < -0.39 is 0 Å². The third kappa shape index (κ3) is 2.96. The lowest BCUT2D eigenvalue weighted by atomic mass is 9.84. The highest BCUT2D eigenvalue weighted by Crippen LogP contribution is 2.28. The van der Waals surface area contributed by atoms with E-state index in [-0.39, 0.29) is 0 Å². The maximum Gasteiger partial charge on any atom is 0.00363 e.